The quantitative estimate of drug-likeness (QED) is 0.583. The van der Waals surface area contributed by atoms with E-state index in [1.54, 1.807) is 24.3 Å². The number of carbonyl (C=O) groups excluding carboxylic acids is 2. The summed E-state index contributed by atoms with van der Waals surface area (Å²) in [5.41, 5.74) is 0. The Morgan fingerprint density at radius 3 is 2.61 bits per heavy atom. The van der Waals surface area contributed by atoms with Crippen LogP contribution in [0.1, 0.15) is 19.8 Å². The van der Waals surface area contributed by atoms with E-state index >= 15 is 0 Å². The van der Waals surface area contributed by atoms with Crippen molar-refractivity contribution in [2.24, 2.45) is 0 Å². The second kappa shape index (κ2) is 10.9. The van der Waals surface area contributed by atoms with Gasteiger partial charge in [0.15, 0.2) is 6.54 Å². The molecule has 1 unspecified atom stereocenters. The summed E-state index contributed by atoms with van der Waals surface area (Å²) in [7, 11) is 1.87. The molecular weight excluding hydrogens is 318 g/mol. The number of benzene rings is 1. The highest BCUT2D eigenvalue weighted by molar-refractivity contribution is 6.30. The highest BCUT2D eigenvalue weighted by Gasteiger charge is 2.12. The minimum absolute atomic E-state index is 0.213. The summed E-state index contributed by atoms with van der Waals surface area (Å²) < 4.78 is 5.57. The summed E-state index contributed by atoms with van der Waals surface area (Å²) in [6, 6.07) is 6.68. The molecule has 0 aliphatic carbocycles. The molecule has 0 fully saturated rings. The molecule has 0 saturated heterocycles. The number of hydrogen-bond acceptors (Lipinski definition) is 3. The van der Waals surface area contributed by atoms with Gasteiger partial charge in [0.1, 0.15) is 18.9 Å². The molecule has 3 amide bonds. The van der Waals surface area contributed by atoms with Gasteiger partial charge in [0.05, 0.1) is 7.05 Å². The van der Waals surface area contributed by atoms with Crippen LogP contribution < -0.4 is 20.3 Å². The molecule has 0 heterocycles. The Balaban J connectivity index is 2.17. The van der Waals surface area contributed by atoms with Crippen LogP contribution in [0.5, 0.6) is 5.75 Å². The standard InChI is InChI=1S/C16H24ClN3O3/c1-3-4-9-18-16(22)19-15(21)12-20(2)10-11-23-14-7-5-13(17)6-8-14/h5-8H,3-4,9-12H2,1-2H3,(H2,18,19,21,22)/p+1. The van der Waals surface area contributed by atoms with E-state index in [0.717, 1.165) is 23.5 Å². The summed E-state index contributed by atoms with van der Waals surface area (Å²) in [4.78, 5) is 24.1. The molecule has 0 saturated carbocycles. The number of halogens is 1. The molecule has 1 aromatic carbocycles. The Bertz CT molecular complexity index is 494. The molecule has 6 nitrogen and oxygen atoms in total. The van der Waals surface area contributed by atoms with Crippen LogP contribution in [0.25, 0.3) is 0 Å². The molecule has 0 radical (unpaired) electrons. The summed E-state index contributed by atoms with van der Waals surface area (Å²) in [6.07, 6.45) is 1.89. The molecule has 3 N–H and O–H groups in total. The Labute approximate surface area is 142 Å². The third kappa shape index (κ3) is 9.05. The number of likely N-dealkylation sites (N-methyl/N-ethyl adjacent to an activating group) is 1. The molecule has 1 aromatic rings. The number of urea groups is 1. The van der Waals surface area contributed by atoms with Crippen molar-refractivity contribution in [3.8, 4) is 5.75 Å². The van der Waals surface area contributed by atoms with E-state index in [1.807, 2.05) is 14.0 Å². The summed E-state index contributed by atoms with van der Waals surface area (Å²) in [5, 5.41) is 5.62. The van der Waals surface area contributed by atoms with Crippen molar-refractivity contribution in [3.63, 3.8) is 0 Å². The third-order valence-corrected chi connectivity index (χ3v) is 3.39. The number of nitrogens with one attached hydrogen (secondary N) is 3. The van der Waals surface area contributed by atoms with E-state index in [1.165, 1.54) is 0 Å². The zero-order valence-electron chi connectivity index (χ0n) is 13.7. The van der Waals surface area contributed by atoms with Crippen molar-refractivity contribution in [1.82, 2.24) is 10.6 Å². The number of rotatable bonds is 9. The van der Waals surface area contributed by atoms with Crippen molar-refractivity contribution < 1.29 is 19.2 Å². The maximum atomic E-state index is 11.7. The fourth-order valence-electron chi connectivity index (χ4n) is 1.83. The summed E-state index contributed by atoms with van der Waals surface area (Å²) in [5.74, 6) is 0.435. The van der Waals surface area contributed by atoms with Crippen LogP contribution >= 0.6 is 11.6 Å². The first-order valence-corrected chi connectivity index (χ1v) is 8.16. The van der Waals surface area contributed by atoms with Crippen LogP contribution in [0.4, 0.5) is 4.79 Å². The van der Waals surface area contributed by atoms with Gasteiger partial charge in [-0.25, -0.2) is 4.79 Å². The maximum Gasteiger partial charge on any atom is 0.321 e. The van der Waals surface area contributed by atoms with E-state index in [0.29, 0.717) is 24.7 Å². The molecule has 0 spiro atoms. The second-order valence-electron chi connectivity index (χ2n) is 5.34. The van der Waals surface area contributed by atoms with Crippen molar-refractivity contribution in [2.45, 2.75) is 19.8 Å². The normalized spacial score (nSPS) is 11.6. The SMILES string of the molecule is CCCCNC(=O)NC(=O)C[NH+](C)CCOc1ccc(Cl)cc1. The van der Waals surface area contributed by atoms with Crippen molar-refractivity contribution in [2.75, 3.05) is 33.3 Å². The van der Waals surface area contributed by atoms with E-state index in [9.17, 15) is 9.59 Å². The molecule has 0 aliphatic heterocycles. The number of quaternary nitrogens is 1. The molecule has 0 bridgehead atoms. The number of imide groups is 1. The number of carbonyl (C=O) groups is 2. The fraction of sp³-hybridized carbons (Fsp3) is 0.500. The molecular formula is C16H25ClN3O3+. The smallest absolute Gasteiger partial charge is 0.321 e. The van der Waals surface area contributed by atoms with Gasteiger partial charge < -0.3 is 15.0 Å². The van der Waals surface area contributed by atoms with Crippen LogP contribution in [0.15, 0.2) is 24.3 Å². The van der Waals surface area contributed by atoms with Crippen LogP contribution in [-0.2, 0) is 4.79 Å². The molecule has 0 aliphatic rings. The van der Waals surface area contributed by atoms with Gasteiger partial charge in [-0.05, 0) is 30.7 Å². The first-order chi connectivity index (χ1) is 11.0. The Morgan fingerprint density at radius 1 is 1.26 bits per heavy atom. The highest BCUT2D eigenvalue weighted by Crippen LogP contribution is 2.14. The lowest BCUT2D eigenvalue weighted by Gasteiger charge is -2.14. The molecule has 7 heteroatoms. The van der Waals surface area contributed by atoms with Crippen molar-refractivity contribution in [3.05, 3.63) is 29.3 Å². The first kappa shape index (κ1) is 19.3. The molecule has 1 rings (SSSR count). The number of ether oxygens (including phenoxy) is 1. The van der Waals surface area contributed by atoms with Crippen LogP contribution in [0.2, 0.25) is 5.02 Å². The van der Waals surface area contributed by atoms with Gasteiger partial charge in [0.25, 0.3) is 5.91 Å². The number of unbranched alkanes of at least 4 members (excludes halogenated alkanes) is 1. The van der Waals surface area contributed by atoms with Gasteiger partial charge in [0.2, 0.25) is 0 Å². The predicted molar refractivity (Wildman–Crippen MR) is 90.0 cm³/mol. The minimum Gasteiger partial charge on any atom is -0.488 e. The number of amides is 3. The lowest BCUT2D eigenvalue weighted by Crippen LogP contribution is -3.10. The average Bonchev–Trinajstić information content (AvgIpc) is 2.49. The van der Waals surface area contributed by atoms with Gasteiger partial charge in [-0.2, -0.15) is 0 Å². The zero-order chi connectivity index (χ0) is 17.1. The molecule has 23 heavy (non-hydrogen) atoms. The monoisotopic (exact) mass is 342 g/mol. The Hall–Kier alpha value is -1.79. The predicted octanol–water partition coefficient (Wildman–Crippen LogP) is 0.859. The van der Waals surface area contributed by atoms with E-state index in [2.05, 4.69) is 10.6 Å². The van der Waals surface area contributed by atoms with E-state index in [-0.39, 0.29) is 12.5 Å². The van der Waals surface area contributed by atoms with Gasteiger partial charge in [-0.1, -0.05) is 24.9 Å². The minimum atomic E-state index is -0.436. The molecule has 128 valence electrons. The topological polar surface area (TPSA) is 71.9 Å². The summed E-state index contributed by atoms with van der Waals surface area (Å²) >= 11 is 5.80. The highest BCUT2D eigenvalue weighted by atomic mass is 35.5. The lowest BCUT2D eigenvalue weighted by molar-refractivity contribution is -0.871. The Morgan fingerprint density at radius 2 is 1.96 bits per heavy atom. The third-order valence-electron chi connectivity index (χ3n) is 3.14. The van der Waals surface area contributed by atoms with Crippen LogP contribution in [-0.4, -0.2) is 45.2 Å². The Kier molecular flexibility index (Phi) is 9.09. The fourth-order valence-corrected chi connectivity index (χ4v) is 1.96. The molecule has 1 atom stereocenters. The largest absolute Gasteiger partial charge is 0.488 e. The number of hydrogen-bond donors (Lipinski definition) is 3. The van der Waals surface area contributed by atoms with E-state index < -0.39 is 6.03 Å². The van der Waals surface area contributed by atoms with Gasteiger partial charge in [-0.3, -0.25) is 10.1 Å². The first-order valence-electron chi connectivity index (χ1n) is 7.78. The lowest BCUT2D eigenvalue weighted by atomic mass is 10.3. The van der Waals surface area contributed by atoms with Crippen molar-refractivity contribution >= 4 is 23.5 Å². The average molecular weight is 343 g/mol. The van der Waals surface area contributed by atoms with Gasteiger partial charge >= 0.3 is 6.03 Å². The van der Waals surface area contributed by atoms with Crippen LogP contribution in [0.3, 0.4) is 0 Å². The van der Waals surface area contributed by atoms with E-state index in [4.69, 9.17) is 16.3 Å². The molecule has 0 aromatic heterocycles. The van der Waals surface area contributed by atoms with Crippen molar-refractivity contribution in [1.29, 1.82) is 0 Å². The summed E-state index contributed by atoms with van der Waals surface area (Å²) in [6.45, 7) is 3.95. The maximum absolute atomic E-state index is 11.7. The van der Waals surface area contributed by atoms with Gasteiger partial charge in [0, 0.05) is 11.6 Å². The zero-order valence-corrected chi connectivity index (χ0v) is 14.4. The van der Waals surface area contributed by atoms with Gasteiger partial charge in [-0.15, -0.1) is 0 Å². The second-order valence-corrected chi connectivity index (χ2v) is 5.78. The van der Waals surface area contributed by atoms with Crippen LogP contribution in [0, 0.1) is 0 Å².